The molecule has 2 fully saturated rings. The standard InChI is InChI=1S/C24H33F3N2O3/c1-15(2)23(8-5-19(12-23)28-20-7-10-32-14-21(20)30)22(31)29-9-6-16-3-4-18(24(25,26)27)11-17(16)13-29/h3-4,11,15,19-21,28,30H,5-10,12-14H2,1-2H3/t19-,20?,21?,23+/m1/s1. The number of nitrogens with zero attached hydrogens (tertiary/aromatic N) is 1. The Morgan fingerprint density at radius 2 is 2.06 bits per heavy atom. The second-order valence-electron chi connectivity index (χ2n) is 9.91. The first kappa shape index (κ1) is 23.5. The van der Waals surface area contributed by atoms with Crippen LogP contribution >= 0.6 is 0 Å². The van der Waals surface area contributed by atoms with Gasteiger partial charge in [0.05, 0.1) is 23.7 Å². The molecule has 1 saturated carbocycles. The van der Waals surface area contributed by atoms with Gasteiger partial charge < -0.3 is 20.1 Å². The van der Waals surface area contributed by atoms with Crippen molar-refractivity contribution >= 4 is 5.91 Å². The molecule has 0 aromatic heterocycles. The molecule has 1 saturated heterocycles. The molecule has 1 aromatic carbocycles. The lowest BCUT2D eigenvalue weighted by Crippen LogP contribution is -2.51. The number of fused-ring (bicyclic) bond motifs is 1. The molecule has 32 heavy (non-hydrogen) atoms. The monoisotopic (exact) mass is 454 g/mol. The molecule has 1 aliphatic carbocycles. The molecule has 1 aromatic rings. The van der Waals surface area contributed by atoms with Crippen molar-refractivity contribution in [1.29, 1.82) is 0 Å². The average molecular weight is 455 g/mol. The lowest BCUT2D eigenvalue weighted by molar-refractivity contribution is -0.146. The molecule has 2 heterocycles. The Morgan fingerprint density at radius 3 is 2.75 bits per heavy atom. The molecular weight excluding hydrogens is 421 g/mol. The maximum Gasteiger partial charge on any atom is 0.416 e. The summed E-state index contributed by atoms with van der Waals surface area (Å²) in [5, 5.41) is 13.8. The van der Waals surface area contributed by atoms with Crippen LogP contribution in [0.4, 0.5) is 13.2 Å². The van der Waals surface area contributed by atoms with Gasteiger partial charge in [0.1, 0.15) is 0 Å². The first-order valence-electron chi connectivity index (χ1n) is 11.6. The van der Waals surface area contributed by atoms with E-state index in [1.54, 1.807) is 11.0 Å². The number of halogens is 3. The van der Waals surface area contributed by atoms with Gasteiger partial charge in [-0.3, -0.25) is 4.79 Å². The van der Waals surface area contributed by atoms with E-state index in [9.17, 15) is 23.1 Å². The highest BCUT2D eigenvalue weighted by atomic mass is 19.4. The van der Waals surface area contributed by atoms with Crippen LogP contribution in [0, 0.1) is 11.3 Å². The van der Waals surface area contributed by atoms with E-state index >= 15 is 0 Å². The fourth-order valence-corrected chi connectivity index (χ4v) is 5.63. The van der Waals surface area contributed by atoms with Gasteiger partial charge in [-0.15, -0.1) is 0 Å². The van der Waals surface area contributed by atoms with E-state index in [0.717, 1.165) is 30.9 Å². The van der Waals surface area contributed by atoms with Gasteiger partial charge in [0.2, 0.25) is 5.91 Å². The van der Waals surface area contributed by atoms with Crippen LogP contribution < -0.4 is 5.32 Å². The van der Waals surface area contributed by atoms with E-state index in [2.05, 4.69) is 19.2 Å². The zero-order valence-corrected chi connectivity index (χ0v) is 18.8. The predicted molar refractivity (Wildman–Crippen MR) is 114 cm³/mol. The van der Waals surface area contributed by atoms with E-state index < -0.39 is 23.3 Å². The Labute approximate surface area is 187 Å². The van der Waals surface area contributed by atoms with E-state index in [1.165, 1.54) is 6.07 Å². The number of aliphatic hydroxyl groups is 1. The van der Waals surface area contributed by atoms with E-state index in [-0.39, 0.29) is 30.5 Å². The number of aliphatic hydroxyl groups excluding tert-OH is 1. The molecule has 4 rings (SSSR count). The summed E-state index contributed by atoms with van der Waals surface area (Å²) in [4.78, 5) is 15.5. The minimum absolute atomic E-state index is 0.0329. The van der Waals surface area contributed by atoms with Crippen LogP contribution in [0.25, 0.3) is 0 Å². The molecule has 2 unspecified atom stereocenters. The van der Waals surface area contributed by atoms with Crippen LogP contribution in [0.2, 0.25) is 0 Å². The fraction of sp³-hybridized carbons (Fsp3) is 0.708. The van der Waals surface area contributed by atoms with Crippen molar-refractivity contribution in [2.45, 2.75) is 76.9 Å². The van der Waals surface area contributed by atoms with Crippen molar-refractivity contribution in [3.05, 3.63) is 34.9 Å². The van der Waals surface area contributed by atoms with Crippen molar-refractivity contribution < 1.29 is 27.8 Å². The number of ether oxygens (including phenoxy) is 1. The van der Waals surface area contributed by atoms with Gasteiger partial charge in [0, 0.05) is 31.8 Å². The Bertz CT molecular complexity index is 844. The largest absolute Gasteiger partial charge is 0.416 e. The van der Waals surface area contributed by atoms with Crippen molar-refractivity contribution in [3.63, 3.8) is 0 Å². The molecule has 0 spiro atoms. The quantitative estimate of drug-likeness (QED) is 0.731. The van der Waals surface area contributed by atoms with Gasteiger partial charge in [-0.25, -0.2) is 0 Å². The number of benzene rings is 1. The highest BCUT2D eigenvalue weighted by Gasteiger charge is 2.50. The molecule has 3 aliphatic rings. The lowest BCUT2D eigenvalue weighted by Gasteiger charge is -2.40. The number of hydrogen-bond donors (Lipinski definition) is 2. The maximum atomic E-state index is 13.8. The summed E-state index contributed by atoms with van der Waals surface area (Å²) in [6.45, 7) is 5.81. The summed E-state index contributed by atoms with van der Waals surface area (Å²) >= 11 is 0. The zero-order chi connectivity index (χ0) is 23.1. The SMILES string of the molecule is CC(C)[C@]1(C(=O)N2CCc3ccc(C(F)(F)F)cc3C2)CC[C@@H](NC2CCOCC2O)C1. The van der Waals surface area contributed by atoms with Gasteiger partial charge in [-0.05, 0) is 61.3 Å². The number of amides is 1. The van der Waals surface area contributed by atoms with Crippen LogP contribution in [0.5, 0.6) is 0 Å². The van der Waals surface area contributed by atoms with Crippen LogP contribution in [-0.2, 0) is 28.7 Å². The van der Waals surface area contributed by atoms with E-state index in [4.69, 9.17) is 4.74 Å². The number of rotatable bonds is 4. The van der Waals surface area contributed by atoms with E-state index in [0.29, 0.717) is 38.2 Å². The maximum absolute atomic E-state index is 13.8. The number of hydrogen-bond acceptors (Lipinski definition) is 4. The molecule has 5 nitrogen and oxygen atoms in total. The second kappa shape index (κ2) is 8.95. The first-order valence-corrected chi connectivity index (χ1v) is 11.6. The van der Waals surface area contributed by atoms with Gasteiger partial charge >= 0.3 is 6.18 Å². The molecule has 4 atom stereocenters. The minimum Gasteiger partial charge on any atom is -0.389 e. The first-order chi connectivity index (χ1) is 15.1. The van der Waals surface area contributed by atoms with Crippen molar-refractivity contribution in [2.75, 3.05) is 19.8 Å². The summed E-state index contributed by atoms with van der Waals surface area (Å²) in [6, 6.07) is 3.97. The van der Waals surface area contributed by atoms with Gasteiger partial charge in [-0.2, -0.15) is 13.2 Å². The Kier molecular flexibility index (Phi) is 6.58. The molecule has 8 heteroatoms. The molecule has 0 bridgehead atoms. The molecular formula is C24H33F3N2O3. The van der Waals surface area contributed by atoms with Crippen LogP contribution in [0.15, 0.2) is 18.2 Å². The van der Waals surface area contributed by atoms with Crippen LogP contribution in [0.1, 0.15) is 56.2 Å². The zero-order valence-electron chi connectivity index (χ0n) is 18.8. The smallest absolute Gasteiger partial charge is 0.389 e. The normalized spacial score (nSPS) is 31.1. The van der Waals surface area contributed by atoms with Crippen LogP contribution in [0.3, 0.4) is 0 Å². The highest BCUT2D eigenvalue weighted by Crippen LogP contribution is 2.47. The third-order valence-corrected chi connectivity index (χ3v) is 7.69. The topological polar surface area (TPSA) is 61.8 Å². The number of alkyl halides is 3. The van der Waals surface area contributed by atoms with Gasteiger partial charge in [0.25, 0.3) is 0 Å². The molecule has 0 radical (unpaired) electrons. The summed E-state index contributed by atoms with van der Waals surface area (Å²) in [5.74, 6) is 0.164. The predicted octanol–water partition coefficient (Wildman–Crippen LogP) is 3.52. The molecule has 2 aliphatic heterocycles. The Balaban J connectivity index is 1.48. The lowest BCUT2D eigenvalue weighted by atomic mass is 9.73. The van der Waals surface area contributed by atoms with E-state index in [1.807, 2.05) is 0 Å². The number of nitrogens with one attached hydrogen (secondary N) is 1. The van der Waals surface area contributed by atoms with Crippen molar-refractivity contribution in [1.82, 2.24) is 10.2 Å². The summed E-state index contributed by atoms with van der Waals surface area (Å²) < 4.78 is 44.8. The highest BCUT2D eigenvalue weighted by molar-refractivity contribution is 5.84. The van der Waals surface area contributed by atoms with Crippen molar-refractivity contribution in [2.24, 2.45) is 11.3 Å². The molecule has 1 amide bonds. The summed E-state index contributed by atoms with van der Waals surface area (Å²) in [5.41, 5.74) is 0.285. The number of carbonyl (C=O) groups excluding carboxylic acids is 1. The van der Waals surface area contributed by atoms with Gasteiger partial charge in [-0.1, -0.05) is 19.9 Å². The number of carbonyl (C=O) groups is 1. The third kappa shape index (κ3) is 4.54. The average Bonchev–Trinajstić information content (AvgIpc) is 3.19. The summed E-state index contributed by atoms with van der Waals surface area (Å²) in [7, 11) is 0. The van der Waals surface area contributed by atoms with Crippen molar-refractivity contribution in [3.8, 4) is 0 Å². The van der Waals surface area contributed by atoms with Crippen LogP contribution in [-0.4, -0.2) is 53.9 Å². The Morgan fingerprint density at radius 1 is 1.28 bits per heavy atom. The summed E-state index contributed by atoms with van der Waals surface area (Å²) in [6.07, 6.45) is -1.36. The van der Waals surface area contributed by atoms with Gasteiger partial charge in [0.15, 0.2) is 0 Å². The fourth-order valence-electron chi connectivity index (χ4n) is 5.63. The molecule has 178 valence electrons. The Hall–Kier alpha value is -1.64. The second-order valence-corrected chi connectivity index (χ2v) is 9.91. The minimum atomic E-state index is -4.39. The third-order valence-electron chi connectivity index (χ3n) is 7.69. The molecule has 2 N–H and O–H groups in total.